The van der Waals surface area contributed by atoms with Crippen LogP contribution >= 0.6 is 0 Å². The van der Waals surface area contributed by atoms with Crippen molar-refractivity contribution in [1.82, 2.24) is 9.21 Å². The van der Waals surface area contributed by atoms with Crippen LogP contribution < -0.4 is 5.73 Å². The molecule has 20 heavy (non-hydrogen) atoms. The fourth-order valence-electron chi connectivity index (χ4n) is 2.06. The second-order valence-electron chi connectivity index (χ2n) is 4.74. The van der Waals surface area contributed by atoms with Gasteiger partial charge in [-0.05, 0) is 25.2 Å². The van der Waals surface area contributed by atoms with Crippen LogP contribution in [-0.4, -0.2) is 57.4 Å². The Morgan fingerprint density at radius 1 is 1.25 bits per heavy atom. The van der Waals surface area contributed by atoms with Gasteiger partial charge in [0, 0.05) is 31.7 Å². The van der Waals surface area contributed by atoms with Gasteiger partial charge in [-0.3, -0.25) is 0 Å². The Morgan fingerprint density at radius 2 is 1.95 bits per heavy atom. The Bertz CT molecular complexity index is 623. The SMILES string of the molecule is CN1CCN(S(=O)(=O)c2cccc(C#CCN)c2)CC1. The lowest BCUT2D eigenvalue weighted by Crippen LogP contribution is -2.47. The van der Waals surface area contributed by atoms with Crippen LogP contribution in [0.2, 0.25) is 0 Å². The van der Waals surface area contributed by atoms with Crippen LogP contribution in [0.5, 0.6) is 0 Å². The molecule has 0 bridgehead atoms. The third-order valence-corrected chi connectivity index (χ3v) is 5.16. The van der Waals surface area contributed by atoms with E-state index in [1.807, 2.05) is 7.05 Å². The van der Waals surface area contributed by atoms with Gasteiger partial charge in [0.05, 0.1) is 11.4 Å². The van der Waals surface area contributed by atoms with E-state index in [1.165, 1.54) is 4.31 Å². The quantitative estimate of drug-likeness (QED) is 0.775. The first-order chi connectivity index (χ1) is 9.54. The number of nitrogens with zero attached hydrogens (tertiary/aromatic N) is 2. The Hall–Kier alpha value is -1.39. The fourth-order valence-corrected chi connectivity index (χ4v) is 3.53. The molecule has 0 saturated carbocycles. The van der Waals surface area contributed by atoms with Crippen molar-refractivity contribution >= 4 is 10.0 Å². The average molecular weight is 293 g/mol. The van der Waals surface area contributed by atoms with Gasteiger partial charge in [0.15, 0.2) is 0 Å². The fraction of sp³-hybridized carbons (Fsp3) is 0.429. The number of piperazine rings is 1. The van der Waals surface area contributed by atoms with Gasteiger partial charge in [-0.1, -0.05) is 17.9 Å². The third-order valence-electron chi connectivity index (χ3n) is 3.27. The molecule has 0 unspecified atom stereocenters. The normalized spacial score (nSPS) is 17.5. The molecule has 1 saturated heterocycles. The molecule has 108 valence electrons. The molecule has 2 rings (SSSR count). The van der Waals surface area contributed by atoms with E-state index in [0.717, 1.165) is 13.1 Å². The first-order valence-corrected chi connectivity index (χ1v) is 7.96. The molecule has 0 aliphatic carbocycles. The highest BCUT2D eigenvalue weighted by molar-refractivity contribution is 7.89. The van der Waals surface area contributed by atoms with Crippen molar-refractivity contribution in [2.24, 2.45) is 5.73 Å². The summed E-state index contributed by atoms with van der Waals surface area (Å²) in [5.74, 6) is 5.59. The van der Waals surface area contributed by atoms with Gasteiger partial charge in [-0.25, -0.2) is 8.42 Å². The van der Waals surface area contributed by atoms with E-state index in [1.54, 1.807) is 24.3 Å². The van der Waals surface area contributed by atoms with Crippen LogP contribution in [0.25, 0.3) is 0 Å². The van der Waals surface area contributed by atoms with Gasteiger partial charge in [-0.2, -0.15) is 4.31 Å². The van der Waals surface area contributed by atoms with Crippen molar-refractivity contribution in [3.05, 3.63) is 29.8 Å². The summed E-state index contributed by atoms with van der Waals surface area (Å²) >= 11 is 0. The number of rotatable bonds is 2. The van der Waals surface area contributed by atoms with E-state index in [9.17, 15) is 8.42 Å². The number of hydrogen-bond acceptors (Lipinski definition) is 4. The van der Waals surface area contributed by atoms with Crippen molar-refractivity contribution in [2.75, 3.05) is 39.8 Å². The third kappa shape index (κ3) is 3.38. The molecule has 6 heteroatoms. The molecule has 1 fully saturated rings. The minimum Gasteiger partial charge on any atom is -0.320 e. The Morgan fingerprint density at radius 3 is 2.60 bits per heavy atom. The van der Waals surface area contributed by atoms with Gasteiger partial charge in [0.2, 0.25) is 10.0 Å². The lowest BCUT2D eigenvalue weighted by molar-refractivity contribution is 0.222. The smallest absolute Gasteiger partial charge is 0.243 e. The molecule has 5 nitrogen and oxygen atoms in total. The zero-order valence-electron chi connectivity index (χ0n) is 11.5. The summed E-state index contributed by atoms with van der Waals surface area (Å²) in [5.41, 5.74) is 6.00. The van der Waals surface area contributed by atoms with E-state index in [4.69, 9.17) is 5.73 Å². The van der Waals surface area contributed by atoms with Gasteiger partial charge in [0.1, 0.15) is 0 Å². The van der Waals surface area contributed by atoms with Gasteiger partial charge < -0.3 is 10.6 Å². The molecule has 0 amide bonds. The number of hydrogen-bond donors (Lipinski definition) is 1. The molecule has 0 atom stereocenters. The highest BCUT2D eigenvalue weighted by Crippen LogP contribution is 2.18. The summed E-state index contributed by atoms with van der Waals surface area (Å²) < 4.78 is 26.6. The lowest BCUT2D eigenvalue weighted by atomic mass is 10.2. The van der Waals surface area contributed by atoms with E-state index in [0.29, 0.717) is 23.5 Å². The Kier molecular flexibility index (Phi) is 4.78. The van der Waals surface area contributed by atoms with Gasteiger partial charge >= 0.3 is 0 Å². The minimum atomic E-state index is -3.43. The maximum absolute atomic E-state index is 12.6. The second kappa shape index (κ2) is 6.37. The minimum absolute atomic E-state index is 0.259. The molecule has 1 aliphatic heterocycles. The highest BCUT2D eigenvalue weighted by atomic mass is 32.2. The predicted octanol–water partition coefficient (Wildman–Crippen LogP) is -0.0671. The molecular formula is C14H19N3O2S. The standard InChI is InChI=1S/C14H19N3O2S/c1-16-8-10-17(11-9-16)20(18,19)14-6-2-4-13(12-14)5-3-7-15/h2,4,6,12H,7-11,15H2,1H3. The van der Waals surface area contributed by atoms with E-state index in [2.05, 4.69) is 16.7 Å². The van der Waals surface area contributed by atoms with Crippen molar-refractivity contribution in [1.29, 1.82) is 0 Å². The first kappa shape index (κ1) is 15.0. The van der Waals surface area contributed by atoms with E-state index in [-0.39, 0.29) is 6.54 Å². The number of likely N-dealkylation sites (N-methyl/N-ethyl adjacent to an activating group) is 1. The number of sulfonamides is 1. The van der Waals surface area contributed by atoms with E-state index < -0.39 is 10.0 Å². The van der Waals surface area contributed by atoms with Crippen LogP contribution in [0.4, 0.5) is 0 Å². The highest BCUT2D eigenvalue weighted by Gasteiger charge is 2.27. The molecule has 0 radical (unpaired) electrons. The van der Waals surface area contributed by atoms with Crippen LogP contribution in [0, 0.1) is 11.8 Å². The number of benzene rings is 1. The summed E-state index contributed by atoms with van der Waals surface area (Å²) in [6, 6.07) is 6.72. The summed E-state index contributed by atoms with van der Waals surface area (Å²) in [5, 5.41) is 0. The van der Waals surface area contributed by atoms with Crippen molar-refractivity contribution in [3.8, 4) is 11.8 Å². The average Bonchev–Trinajstić information content (AvgIpc) is 2.46. The zero-order chi connectivity index (χ0) is 14.6. The second-order valence-corrected chi connectivity index (χ2v) is 6.68. The number of nitrogens with two attached hydrogens (primary N) is 1. The predicted molar refractivity (Wildman–Crippen MR) is 78.6 cm³/mol. The van der Waals surface area contributed by atoms with Crippen molar-refractivity contribution < 1.29 is 8.42 Å². The van der Waals surface area contributed by atoms with Crippen molar-refractivity contribution in [2.45, 2.75) is 4.90 Å². The molecule has 1 aliphatic rings. The first-order valence-electron chi connectivity index (χ1n) is 6.52. The summed E-state index contributed by atoms with van der Waals surface area (Å²) in [7, 11) is -1.43. The molecule has 1 aromatic rings. The van der Waals surface area contributed by atoms with Crippen LogP contribution in [0.15, 0.2) is 29.2 Å². The lowest BCUT2D eigenvalue weighted by Gasteiger charge is -2.31. The topological polar surface area (TPSA) is 66.6 Å². The van der Waals surface area contributed by atoms with Gasteiger partial charge in [-0.15, -0.1) is 0 Å². The largest absolute Gasteiger partial charge is 0.320 e. The monoisotopic (exact) mass is 293 g/mol. The summed E-state index contributed by atoms with van der Waals surface area (Å²) in [6.45, 7) is 2.82. The molecule has 0 spiro atoms. The maximum atomic E-state index is 12.6. The van der Waals surface area contributed by atoms with Gasteiger partial charge in [0.25, 0.3) is 0 Å². The molecule has 2 N–H and O–H groups in total. The summed E-state index contributed by atoms with van der Waals surface area (Å²) in [6.07, 6.45) is 0. The van der Waals surface area contributed by atoms with E-state index >= 15 is 0 Å². The summed E-state index contributed by atoms with van der Waals surface area (Å²) in [4.78, 5) is 2.42. The molecular weight excluding hydrogens is 274 g/mol. The Balaban J connectivity index is 2.25. The van der Waals surface area contributed by atoms with Crippen LogP contribution in [-0.2, 0) is 10.0 Å². The maximum Gasteiger partial charge on any atom is 0.243 e. The van der Waals surface area contributed by atoms with Crippen LogP contribution in [0.3, 0.4) is 0 Å². The van der Waals surface area contributed by atoms with Crippen molar-refractivity contribution in [3.63, 3.8) is 0 Å². The zero-order valence-corrected chi connectivity index (χ0v) is 12.4. The molecule has 1 heterocycles. The van der Waals surface area contributed by atoms with Crippen LogP contribution in [0.1, 0.15) is 5.56 Å². The molecule has 1 aromatic carbocycles. The molecule has 0 aromatic heterocycles. The Labute approximate surface area is 120 Å².